The van der Waals surface area contributed by atoms with E-state index >= 15 is 0 Å². The van der Waals surface area contributed by atoms with Crippen LogP contribution in [0.2, 0.25) is 0 Å². The zero-order chi connectivity index (χ0) is 16.2. The molecular formula is C18H26N2O3. The van der Waals surface area contributed by atoms with Crippen LogP contribution in [0.5, 0.6) is 0 Å². The molecule has 1 heterocycles. The van der Waals surface area contributed by atoms with E-state index in [4.69, 9.17) is 4.74 Å². The van der Waals surface area contributed by atoms with Gasteiger partial charge in [-0.15, -0.1) is 0 Å². The highest BCUT2D eigenvalue weighted by Crippen LogP contribution is 2.25. The Hall–Kier alpha value is -1.43. The molecule has 2 fully saturated rings. The van der Waals surface area contributed by atoms with Crippen molar-refractivity contribution >= 4 is 5.91 Å². The Labute approximate surface area is 137 Å². The Bertz CT molecular complexity index is 541. The van der Waals surface area contributed by atoms with Gasteiger partial charge in [0.2, 0.25) is 0 Å². The number of nitrogens with zero attached hydrogens (tertiary/aromatic N) is 2. The molecule has 1 aromatic carbocycles. The van der Waals surface area contributed by atoms with Gasteiger partial charge in [-0.05, 0) is 30.9 Å². The molecule has 2 aliphatic rings. The Morgan fingerprint density at radius 1 is 1.22 bits per heavy atom. The summed E-state index contributed by atoms with van der Waals surface area (Å²) in [5, 5.41) is 10.1. The molecule has 126 valence electrons. The standard InChI is InChI=1S/C18H26N2O3/c1-23-13-14-5-2-3-6-15(14)18(22)20-11-9-19(10-12-20)16-7-4-8-17(16)21/h2-3,5-6,16-17,21H,4,7-13H2,1H3/t16-,17-/m0/s1. The second-order valence-electron chi connectivity index (χ2n) is 6.48. The minimum Gasteiger partial charge on any atom is -0.391 e. The van der Waals surface area contributed by atoms with Crippen LogP contribution in [0, 0.1) is 0 Å². The number of ether oxygens (including phenoxy) is 1. The summed E-state index contributed by atoms with van der Waals surface area (Å²) in [5.41, 5.74) is 1.68. The maximum Gasteiger partial charge on any atom is 0.254 e. The molecule has 2 atom stereocenters. The molecule has 1 aliphatic carbocycles. The van der Waals surface area contributed by atoms with Gasteiger partial charge in [0.1, 0.15) is 0 Å². The molecule has 1 aliphatic heterocycles. The third kappa shape index (κ3) is 3.57. The minimum atomic E-state index is -0.195. The van der Waals surface area contributed by atoms with Crippen LogP contribution in [-0.4, -0.2) is 66.2 Å². The van der Waals surface area contributed by atoms with Crippen LogP contribution < -0.4 is 0 Å². The number of carbonyl (C=O) groups excluding carboxylic acids is 1. The van der Waals surface area contributed by atoms with E-state index in [2.05, 4.69) is 4.90 Å². The number of piperazine rings is 1. The summed E-state index contributed by atoms with van der Waals surface area (Å²) in [4.78, 5) is 17.1. The maximum absolute atomic E-state index is 12.8. The SMILES string of the molecule is COCc1ccccc1C(=O)N1CCN([C@H]2CCC[C@@H]2O)CC1. The fraction of sp³-hybridized carbons (Fsp3) is 0.611. The summed E-state index contributed by atoms with van der Waals surface area (Å²) < 4.78 is 5.20. The summed E-state index contributed by atoms with van der Waals surface area (Å²) in [6, 6.07) is 7.95. The minimum absolute atomic E-state index is 0.0873. The van der Waals surface area contributed by atoms with Crippen LogP contribution in [0.4, 0.5) is 0 Å². The predicted octanol–water partition coefficient (Wildman–Crippen LogP) is 1.50. The molecule has 1 amide bonds. The van der Waals surface area contributed by atoms with Gasteiger partial charge in [0, 0.05) is 44.9 Å². The van der Waals surface area contributed by atoms with Crippen molar-refractivity contribution in [3.8, 4) is 0 Å². The van der Waals surface area contributed by atoms with Crippen molar-refractivity contribution < 1.29 is 14.6 Å². The van der Waals surface area contributed by atoms with Gasteiger partial charge < -0.3 is 14.7 Å². The summed E-state index contributed by atoms with van der Waals surface area (Å²) in [5.74, 6) is 0.0873. The number of benzene rings is 1. The van der Waals surface area contributed by atoms with Gasteiger partial charge in [-0.1, -0.05) is 18.2 Å². The smallest absolute Gasteiger partial charge is 0.254 e. The van der Waals surface area contributed by atoms with Gasteiger partial charge in [-0.3, -0.25) is 9.69 Å². The third-order valence-electron chi connectivity index (χ3n) is 5.06. The Morgan fingerprint density at radius 2 is 1.96 bits per heavy atom. The maximum atomic E-state index is 12.8. The third-order valence-corrected chi connectivity index (χ3v) is 5.06. The predicted molar refractivity (Wildman–Crippen MR) is 88.3 cm³/mol. The molecule has 0 unspecified atom stereocenters. The summed E-state index contributed by atoms with van der Waals surface area (Å²) in [7, 11) is 1.65. The topological polar surface area (TPSA) is 53.0 Å². The Morgan fingerprint density at radius 3 is 2.61 bits per heavy atom. The van der Waals surface area contributed by atoms with E-state index in [1.54, 1.807) is 7.11 Å². The lowest BCUT2D eigenvalue weighted by Gasteiger charge is -2.39. The first-order chi connectivity index (χ1) is 11.2. The quantitative estimate of drug-likeness (QED) is 0.914. The normalized spacial score (nSPS) is 25.7. The highest BCUT2D eigenvalue weighted by molar-refractivity contribution is 5.95. The zero-order valence-corrected chi connectivity index (χ0v) is 13.8. The molecule has 1 aromatic rings. The number of carbonyl (C=O) groups is 1. The van der Waals surface area contributed by atoms with Crippen molar-refractivity contribution in [2.75, 3.05) is 33.3 Å². The van der Waals surface area contributed by atoms with E-state index in [-0.39, 0.29) is 18.1 Å². The van der Waals surface area contributed by atoms with Gasteiger partial charge in [-0.2, -0.15) is 0 Å². The molecule has 3 rings (SSSR count). The van der Waals surface area contributed by atoms with E-state index in [9.17, 15) is 9.90 Å². The molecular weight excluding hydrogens is 292 g/mol. The fourth-order valence-electron chi connectivity index (χ4n) is 3.78. The van der Waals surface area contributed by atoms with Crippen molar-refractivity contribution in [3.05, 3.63) is 35.4 Å². The fourth-order valence-corrected chi connectivity index (χ4v) is 3.78. The first kappa shape index (κ1) is 16.4. The van der Waals surface area contributed by atoms with Gasteiger partial charge in [0.15, 0.2) is 0 Å². The van der Waals surface area contributed by atoms with Crippen molar-refractivity contribution in [3.63, 3.8) is 0 Å². The number of hydrogen-bond acceptors (Lipinski definition) is 4. The second kappa shape index (κ2) is 7.43. The lowest BCUT2D eigenvalue weighted by Crippen LogP contribution is -2.53. The van der Waals surface area contributed by atoms with Crippen LogP contribution >= 0.6 is 0 Å². The lowest BCUT2D eigenvalue weighted by atomic mass is 10.1. The molecule has 0 radical (unpaired) electrons. The molecule has 1 saturated heterocycles. The molecule has 1 N–H and O–H groups in total. The number of aliphatic hydroxyl groups is 1. The van der Waals surface area contributed by atoms with Crippen LogP contribution in [0.15, 0.2) is 24.3 Å². The van der Waals surface area contributed by atoms with Crippen LogP contribution in [-0.2, 0) is 11.3 Å². The first-order valence-corrected chi connectivity index (χ1v) is 8.49. The van der Waals surface area contributed by atoms with Crippen molar-refractivity contribution in [1.29, 1.82) is 0 Å². The van der Waals surface area contributed by atoms with E-state index in [1.807, 2.05) is 29.2 Å². The van der Waals surface area contributed by atoms with Gasteiger partial charge >= 0.3 is 0 Å². The van der Waals surface area contributed by atoms with Crippen molar-refractivity contribution in [1.82, 2.24) is 9.80 Å². The highest BCUT2D eigenvalue weighted by Gasteiger charge is 2.33. The highest BCUT2D eigenvalue weighted by atomic mass is 16.5. The Kier molecular flexibility index (Phi) is 5.30. The lowest BCUT2D eigenvalue weighted by molar-refractivity contribution is 0.0314. The van der Waals surface area contributed by atoms with Crippen LogP contribution in [0.1, 0.15) is 35.2 Å². The molecule has 23 heavy (non-hydrogen) atoms. The molecule has 0 spiro atoms. The van der Waals surface area contributed by atoms with Crippen LogP contribution in [0.3, 0.4) is 0 Å². The number of methoxy groups -OCH3 is 1. The summed E-state index contributed by atoms with van der Waals surface area (Å²) >= 11 is 0. The largest absolute Gasteiger partial charge is 0.391 e. The number of rotatable bonds is 4. The van der Waals surface area contributed by atoms with Gasteiger partial charge in [0.25, 0.3) is 5.91 Å². The first-order valence-electron chi connectivity index (χ1n) is 8.49. The molecule has 1 saturated carbocycles. The van der Waals surface area contributed by atoms with E-state index < -0.39 is 0 Å². The number of amides is 1. The molecule has 5 heteroatoms. The molecule has 5 nitrogen and oxygen atoms in total. The number of hydrogen-bond donors (Lipinski definition) is 1. The number of aliphatic hydroxyl groups excluding tert-OH is 1. The van der Waals surface area contributed by atoms with Crippen molar-refractivity contribution in [2.24, 2.45) is 0 Å². The zero-order valence-electron chi connectivity index (χ0n) is 13.8. The monoisotopic (exact) mass is 318 g/mol. The van der Waals surface area contributed by atoms with Gasteiger partial charge in [0.05, 0.1) is 12.7 Å². The molecule has 0 bridgehead atoms. The van der Waals surface area contributed by atoms with Crippen molar-refractivity contribution in [2.45, 2.75) is 38.0 Å². The van der Waals surface area contributed by atoms with Gasteiger partial charge in [-0.25, -0.2) is 0 Å². The Balaban J connectivity index is 1.62. The average molecular weight is 318 g/mol. The van der Waals surface area contributed by atoms with E-state index in [0.717, 1.165) is 56.6 Å². The van der Waals surface area contributed by atoms with Crippen LogP contribution in [0.25, 0.3) is 0 Å². The average Bonchev–Trinajstić information content (AvgIpc) is 3.01. The summed E-state index contributed by atoms with van der Waals surface area (Å²) in [6.07, 6.45) is 2.90. The summed E-state index contributed by atoms with van der Waals surface area (Å²) in [6.45, 7) is 3.60. The molecule has 0 aromatic heterocycles. The van der Waals surface area contributed by atoms with E-state index in [0.29, 0.717) is 6.61 Å². The second-order valence-corrected chi connectivity index (χ2v) is 6.48. The van der Waals surface area contributed by atoms with E-state index in [1.165, 1.54) is 0 Å².